The van der Waals surface area contributed by atoms with Gasteiger partial charge in [-0.1, -0.05) is 0 Å². The summed E-state index contributed by atoms with van der Waals surface area (Å²) >= 11 is 0. The van der Waals surface area contributed by atoms with Gasteiger partial charge < -0.3 is 14.8 Å². The van der Waals surface area contributed by atoms with Crippen LogP contribution in [-0.2, 0) is 13.5 Å². The van der Waals surface area contributed by atoms with E-state index in [9.17, 15) is 4.79 Å². The third kappa shape index (κ3) is 3.34. The Bertz CT molecular complexity index is 574. The molecule has 0 saturated carbocycles. The molecule has 6 nitrogen and oxygen atoms in total. The molecule has 6 heteroatoms. The van der Waals surface area contributed by atoms with Gasteiger partial charge >= 0.3 is 0 Å². The van der Waals surface area contributed by atoms with Crippen LogP contribution in [-0.4, -0.2) is 46.0 Å². The Labute approximate surface area is 118 Å². The summed E-state index contributed by atoms with van der Waals surface area (Å²) < 4.78 is 1.99. The third-order valence-electron chi connectivity index (χ3n) is 2.99. The number of rotatable bonds is 5. The Morgan fingerprint density at radius 2 is 2.15 bits per heavy atom. The smallest absolute Gasteiger partial charge is 0.254 e. The molecule has 0 aliphatic carbocycles. The number of imidazole rings is 1. The van der Waals surface area contributed by atoms with Crippen LogP contribution < -0.4 is 5.32 Å². The SMILES string of the molecule is CN(C)C(=O)c1ccc(NCCc2nccn2C)nc1. The van der Waals surface area contributed by atoms with Gasteiger partial charge in [0.1, 0.15) is 11.6 Å². The molecule has 0 bridgehead atoms. The maximum absolute atomic E-state index is 11.7. The van der Waals surface area contributed by atoms with Crippen LogP contribution in [0.1, 0.15) is 16.2 Å². The third-order valence-corrected chi connectivity index (χ3v) is 2.99. The van der Waals surface area contributed by atoms with Crippen LogP contribution in [0.3, 0.4) is 0 Å². The molecule has 0 aromatic carbocycles. The first kappa shape index (κ1) is 14.0. The number of aryl methyl sites for hydroxylation is 1. The molecule has 0 aliphatic rings. The number of carbonyl (C=O) groups excluding carboxylic acids is 1. The molecule has 0 saturated heterocycles. The molecule has 2 aromatic rings. The minimum Gasteiger partial charge on any atom is -0.370 e. The van der Waals surface area contributed by atoms with E-state index in [1.165, 1.54) is 4.90 Å². The maximum atomic E-state index is 11.7. The summed E-state index contributed by atoms with van der Waals surface area (Å²) in [6.07, 6.45) is 6.12. The number of carbonyl (C=O) groups is 1. The van der Waals surface area contributed by atoms with Gasteiger partial charge in [-0.15, -0.1) is 0 Å². The van der Waals surface area contributed by atoms with Crippen LogP contribution in [0.25, 0.3) is 0 Å². The second-order valence-electron chi connectivity index (χ2n) is 4.76. The van der Waals surface area contributed by atoms with Crippen LogP contribution in [0.5, 0.6) is 0 Å². The Balaban J connectivity index is 1.88. The Morgan fingerprint density at radius 3 is 2.70 bits per heavy atom. The lowest BCUT2D eigenvalue weighted by molar-refractivity contribution is 0.0827. The summed E-state index contributed by atoms with van der Waals surface area (Å²) in [5.41, 5.74) is 0.588. The molecular weight excluding hydrogens is 254 g/mol. The standard InChI is InChI=1S/C14H19N5O/c1-18(2)14(20)11-4-5-12(17-10-11)15-7-6-13-16-8-9-19(13)3/h4-5,8-10H,6-7H2,1-3H3,(H,15,17). The number of nitrogens with zero attached hydrogens (tertiary/aromatic N) is 4. The minimum absolute atomic E-state index is 0.0444. The van der Waals surface area contributed by atoms with Crippen LogP contribution in [0, 0.1) is 0 Å². The van der Waals surface area contributed by atoms with Crippen molar-refractivity contribution in [1.29, 1.82) is 0 Å². The number of nitrogens with one attached hydrogen (secondary N) is 1. The van der Waals surface area contributed by atoms with Crippen LogP contribution >= 0.6 is 0 Å². The highest BCUT2D eigenvalue weighted by Crippen LogP contribution is 2.07. The number of hydrogen-bond acceptors (Lipinski definition) is 4. The highest BCUT2D eigenvalue weighted by Gasteiger charge is 2.07. The number of pyridine rings is 1. The van der Waals surface area contributed by atoms with Crippen LogP contribution in [0.2, 0.25) is 0 Å². The molecule has 20 heavy (non-hydrogen) atoms. The van der Waals surface area contributed by atoms with E-state index in [0.29, 0.717) is 5.56 Å². The molecule has 0 radical (unpaired) electrons. The first-order valence-corrected chi connectivity index (χ1v) is 6.45. The Kier molecular flexibility index (Phi) is 4.34. The zero-order chi connectivity index (χ0) is 14.5. The summed E-state index contributed by atoms with van der Waals surface area (Å²) in [7, 11) is 5.42. The average molecular weight is 273 g/mol. The van der Waals surface area contributed by atoms with E-state index in [0.717, 1.165) is 24.6 Å². The van der Waals surface area contributed by atoms with Crippen molar-refractivity contribution in [2.24, 2.45) is 7.05 Å². The van der Waals surface area contributed by atoms with Gasteiger partial charge in [-0.3, -0.25) is 4.79 Å². The number of amides is 1. The van der Waals surface area contributed by atoms with E-state index in [1.807, 2.05) is 23.9 Å². The molecule has 0 spiro atoms. The van der Waals surface area contributed by atoms with Gasteiger partial charge in [0.15, 0.2) is 0 Å². The highest BCUT2D eigenvalue weighted by atomic mass is 16.2. The highest BCUT2D eigenvalue weighted by molar-refractivity contribution is 5.93. The maximum Gasteiger partial charge on any atom is 0.254 e. The van der Waals surface area contributed by atoms with E-state index in [2.05, 4.69) is 15.3 Å². The molecule has 2 aromatic heterocycles. The van der Waals surface area contributed by atoms with Crippen LogP contribution in [0.15, 0.2) is 30.7 Å². The molecule has 2 heterocycles. The van der Waals surface area contributed by atoms with E-state index >= 15 is 0 Å². The summed E-state index contributed by atoms with van der Waals surface area (Å²) in [6, 6.07) is 3.59. The molecule has 0 fully saturated rings. The fourth-order valence-corrected chi connectivity index (χ4v) is 1.82. The second-order valence-corrected chi connectivity index (χ2v) is 4.76. The van der Waals surface area contributed by atoms with Crippen molar-refractivity contribution >= 4 is 11.7 Å². The van der Waals surface area contributed by atoms with Crippen LogP contribution in [0.4, 0.5) is 5.82 Å². The molecule has 0 aliphatic heterocycles. The van der Waals surface area contributed by atoms with Crippen molar-refractivity contribution in [2.45, 2.75) is 6.42 Å². The topological polar surface area (TPSA) is 63.1 Å². The molecule has 106 valence electrons. The van der Waals surface area contributed by atoms with Gasteiger partial charge in [0, 0.05) is 52.7 Å². The first-order chi connectivity index (χ1) is 9.58. The number of anilines is 1. The van der Waals surface area contributed by atoms with Crippen molar-refractivity contribution in [3.63, 3.8) is 0 Å². The lowest BCUT2D eigenvalue weighted by Gasteiger charge is -2.10. The van der Waals surface area contributed by atoms with Crippen molar-refractivity contribution in [3.8, 4) is 0 Å². The van der Waals surface area contributed by atoms with Gasteiger partial charge in [0.25, 0.3) is 5.91 Å². The van der Waals surface area contributed by atoms with E-state index < -0.39 is 0 Å². The van der Waals surface area contributed by atoms with Crippen molar-refractivity contribution in [1.82, 2.24) is 19.4 Å². The Morgan fingerprint density at radius 1 is 1.35 bits per heavy atom. The normalized spacial score (nSPS) is 10.3. The first-order valence-electron chi connectivity index (χ1n) is 6.45. The fourth-order valence-electron chi connectivity index (χ4n) is 1.82. The average Bonchev–Trinajstić information content (AvgIpc) is 2.84. The van der Waals surface area contributed by atoms with Gasteiger partial charge in [0.05, 0.1) is 5.56 Å². The Hall–Kier alpha value is -2.37. The van der Waals surface area contributed by atoms with Gasteiger partial charge in [-0.2, -0.15) is 0 Å². The fraction of sp³-hybridized carbons (Fsp3) is 0.357. The van der Waals surface area contributed by atoms with Crippen molar-refractivity contribution < 1.29 is 4.79 Å². The zero-order valence-electron chi connectivity index (χ0n) is 12.0. The second kappa shape index (κ2) is 6.18. The molecule has 2 rings (SSSR count). The summed E-state index contributed by atoms with van der Waals surface area (Å²) in [6.45, 7) is 0.749. The molecule has 1 amide bonds. The predicted octanol–water partition coefficient (Wildman–Crippen LogP) is 1.17. The van der Waals surface area contributed by atoms with Gasteiger partial charge in [-0.05, 0) is 12.1 Å². The summed E-state index contributed by atoms with van der Waals surface area (Å²) in [4.78, 5) is 21.7. The van der Waals surface area contributed by atoms with E-state index in [1.54, 1.807) is 32.6 Å². The van der Waals surface area contributed by atoms with Crippen molar-refractivity contribution in [3.05, 3.63) is 42.1 Å². The van der Waals surface area contributed by atoms with Gasteiger partial charge in [-0.25, -0.2) is 9.97 Å². The minimum atomic E-state index is -0.0444. The zero-order valence-corrected chi connectivity index (χ0v) is 12.0. The lowest BCUT2D eigenvalue weighted by atomic mass is 10.2. The monoisotopic (exact) mass is 273 g/mol. The summed E-state index contributed by atoms with van der Waals surface area (Å²) in [5, 5.41) is 3.22. The van der Waals surface area contributed by atoms with E-state index in [4.69, 9.17) is 0 Å². The summed E-state index contributed by atoms with van der Waals surface area (Å²) in [5.74, 6) is 1.74. The molecule has 0 unspecified atom stereocenters. The quantitative estimate of drug-likeness (QED) is 0.888. The largest absolute Gasteiger partial charge is 0.370 e. The molecule has 0 atom stereocenters. The number of hydrogen-bond donors (Lipinski definition) is 1. The van der Waals surface area contributed by atoms with Crippen molar-refractivity contribution in [2.75, 3.05) is 26.0 Å². The van der Waals surface area contributed by atoms with E-state index in [-0.39, 0.29) is 5.91 Å². The molecular formula is C14H19N5O. The number of aromatic nitrogens is 3. The van der Waals surface area contributed by atoms with Gasteiger partial charge in [0.2, 0.25) is 0 Å². The molecule has 1 N–H and O–H groups in total. The lowest BCUT2D eigenvalue weighted by Crippen LogP contribution is -2.21. The predicted molar refractivity (Wildman–Crippen MR) is 77.7 cm³/mol.